The molecule has 15 heteroatoms. The van der Waals surface area contributed by atoms with E-state index < -0.39 is 18.4 Å². The molecule has 0 bridgehead atoms. The van der Waals surface area contributed by atoms with Crippen molar-refractivity contribution in [3.8, 4) is 5.75 Å². The van der Waals surface area contributed by atoms with Gasteiger partial charge >= 0.3 is 6.61 Å². The van der Waals surface area contributed by atoms with Gasteiger partial charge in [0.1, 0.15) is 29.5 Å². The monoisotopic (exact) mass is 591 g/mol. The van der Waals surface area contributed by atoms with Crippen molar-refractivity contribution < 1.29 is 23.1 Å². The number of alkyl halides is 2. The molecule has 7 N–H and O–H groups in total. The Balaban J connectivity index is 1.98. The van der Waals surface area contributed by atoms with E-state index >= 15 is 0 Å². The van der Waals surface area contributed by atoms with Crippen LogP contribution in [0.2, 0.25) is 5.02 Å². The average Bonchev–Trinajstić information content (AvgIpc) is 3.36. The van der Waals surface area contributed by atoms with Gasteiger partial charge in [0.05, 0.1) is 11.4 Å². The number of allylic oxidation sites excluding steroid dienone is 2. The molecule has 0 radical (unpaired) electrons. The number of nitrogens with two attached hydrogens (primary N) is 2. The number of benzene rings is 1. The lowest BCUT2D eigenvalue weighted by atomic mass is 10.1. The average molecular weight is 592 g/mol. The number of aliphatic imine (C=N–C) groups is 2. The molecule has 1 aromatic carbocycles. The predicted molar refractivity (Wildman–Crippen MR) is 154 cm³/mol. The third-order valence-electron chi connectivity index (χ3n) is 6.05. The van der Waals surface area contributed by atoms with Crippen LogP contribution in [0.3, 0.4) is 0 Å². The number of rotatable bonds is 11. The van der Waals surface area contributed by atoms with Gasteiger partial charge in [-0.05, 0) is 51.2 Å². The first-order chi connectivity index (χ1) is 19.5. The van der Waals surface area contributed by atoms with E-state index in [1.807, 2.05) is 19.0 Å². The molecule has 0 saturated carbocycles. The summed E-state index contributed by atoms with van der Waals surface area (Å²) in [6, 6.07) is 3.86. The van der Waals surface area contributed by atoms with Crippen LogP contribution in [-0.2, 0) is 9.59 Å². The highest BCUT2D eigenvalue weighted by atomic mass is 35.5. The van der Waals surface area contributed by atoms with E-state index in [0.29, 0.717) is 13.1 Å². The maximum atomic E-state index is 13.3. The van der Waals surface area contributed by atoms with Crippen molar-refractivity contribution in [2.45, 2.75) is 25.5 Å². The Morgan fingerprint density at radius 3 is 2.78 bits per heavy atom. The summed E-state index contributed by atoms with van der Waals surface area (Å²) in [4.78, 5) is 38.2. The number of amides is 2. The molecule has 2 amide bonds. The normalized spacial score (nSPS) is 18.5. The van der Waals surface area contributed by atoms with Crippen LogP contribution >= 0.6 is 11.6 Å². The minimum absolute atomic E-state index is 0.00650. The van der Waals surface area contributed by atoms with Gasteiger partial charge in [0.25, 0.3) is 5.91 Å². The van der Waals surface area contributed by atoms with Gasteiger partial charge in [0.2, 0.25) is 5.91 Å². The van der Waals surface area contributed by atoms with Crippen LogP contribution in [0.5, 0.6) is 5.75 Å². The Bertz CT molecular complexity index is 1330. The van der Waals surface area contributed by atoms with Gasteiger partial charge in [0, 0.05) is 48.3 Å². The van der Waals surface area contributed by atoms with Crippen LogP contribution < -0.4 is 26.8 Å². The number of nitrogens with zero attached hydrogens (tertiary/aromatic N) is 4. The quantitative estimate of drug-likeness (QED) is 0.148. The van der Waals surface area contributed by atoms with Crippen LogP contribution in [0, 0.1) is 5.41 Å². The van der Waals surface area contributed by atoms with Crippen LogP contribution in [0.1, 0.15) is 18.4 Å². The lowest BCUT2D eigenvalue weighted by Crippen LogP contribution is -2.42. The molecule has 2 aliphatic heterocycles. The molecule has 12 nitrogen and oxygen atoms in total. The van der Waals surface area contributed by atoms with Crippen LogP contribution in [0.4, 0.5) is 8.78 Å². The minimum Gasteiger partial charge on any atom is -0.434 e. The summed E-state index contributed by atoms with van der Waals surface area (Å²) >= 11 is 6.09. The van der Waals surface area contributed by atoms with E-state index in [1.165, 1.54) is 30.6 Å². The maximum absolute atomic E-state index is 13.3. The summed E-state index contributed by atoms with van der Waals surface area (Å²) in [6.07, 6.45) is 7.32. The number of halogens is 3. The summed E-state index contributed by atoms with van der Waals surface area (Å²) < 4.78 is 30.8. The van der Waals surface area contributed by atoms with Crippen LogP contribution in [-0.4, -0.2) is 86.3 Å². The molecule has 41 heavy (non-hydrogen) atoms. The van der Waals surface area contributed by atoms with Gasteiger partial charge in [-0.3, -0.25) is 20.0 Å². The fourth-order valence-electron chi connectivity index (χ4n) is 4.31. The van der Waals surface area contributed by atoms with E-state index in [1.54, 1.807) is 11.0 Å². The SMILES string of the molecule is CN(C)CC1CCCN1C(=O)CN=CC(NC(=O)/C(C(=N)N)=C1\N=CC=CN1)=C(N)c1cc(Cl)ccc1OC(F)F. The number of carbonyl (C=O) groups excluding carboxylic acids is 2. The summed E-state index contributed by atoms with van der Waals surface area (Å²) in [5, 5.41) is 13.3. The second-order valence-corrected chi connectivity index (χ2v) is 9.77. The first-order valence-corrected chi connectivity index (χ1v) is 12.9. The Labute approximate surface area is 240 Å². The number of nitrogens with one attached hydrogen (secondary N) is 3. The van der Waals surface area contributed by atoms with Gasteiger partial charge in [0.15, 0.2) is 0 Å². The summed E-state index contributed by atoms with van der Waals surface area (Å²) in [7, 11) is 3.86. The molecule has 2 heterocycles. The number of ether oxygens (including phenoxy) is 1. The molecule has 2 aliphatic rings. The molecule has 1 unspecified atom stereocenters. The molecule has 0 aliphatic carbocycles. The fraction of sp³-hybridized carbons (Fsp3) is 0.346. The highest BCUT2D eigenvalue weighted by Gasteiger charge is 2.28. The second-order valence-electron chi connectivity index (χ2n) is 9.33. The number of carbonyl (C=O) groups is 2. The summed E-state index contributed by atoms with van der Waals surface area (Å²) in [6.45, 7) is -2.12. The van der Waals surface area contributed by atoms with E-state index in [0.717, 1.165) is 19.1 Å². The van der Waals surface area contributed by atoms with Crippen molar-refractivity contribution in [2.75, 3.05) is 33.7 Å². The largest absolute Gasteiger partial charge is 0.434 e. The first-order valence-electron chi connectivity index (χ1n) is 12.5. The molecule has 1 aromatic rings. The molecular formula is C26H32ClF2N9O3. The number of hydrogen-bond acceptors (Lipinski definition) is 9. The highest BCUT2D eigenvalue weighted by Crippen LogP contribution is 2.29. The smallest absolute Gasteiger partial charge is 0.387 e. The summed E-state index contributed by atoms with van der Waals surface area (Å²) in [5.41, 5.74) is 11.2. The molecule has 1 saturated heterocycles. The van der Waals surface area contributed by atoms with Gasteiger partial charge in [-0.2, -0.15) is 8.78 Å². The van der Waals surface area contributed by atoms with Gasteiger partial charge in [-0.25, -0.2) is 4.99 Å². The number of amidine groups is 1. The zero-order chi connectivity index (χ0) is 30.1. The molecule has 1 fully saturated rings. The minimum atomic E-state index is -3.17. The topological polar surface area (TPSA) is 175 Å². The predicted octanol–water partition coefficient (Wildman–Crippen LogP) is 1.64. The Morgan fingerprint density at radius 2 is 2.15 bits per heavy atom. The zero-order valence-corrected chi connectivity index (χ0v) is 23.3. The molecule has 1 atom stereocenters. The van der Waals surface area contributed by atoms with E-state index in [2.05, 4.69) is 25.4 Å². The lowest BCUT2D eigenvalue weighted by Gasteiger charge is -2.26. The summed E-state index contributed by atoms with van der Waals surface area (Å²) in [5.74, 6) is -2.04. The Kier molecular flexibility index (Phi) is 10.9. The van der Waals surface area contributed by atoms with Crippen molar-refractivity contribution in [1.29, 1.82) is 5.41 Å². The maximum Gasteiger partial charge on any atom is 0.387 e. The van der Waals surface area contributed by atoms with Crippen LogP contribution in [0.15, 0.2) is 57.6 Å². The van der Waals surface area contributed by atoms with Gasteiger partial charge < -0.3 is 36.6 Å². The highest BCUT2D eigenvalue weighted by molar-refractivity contribution is 6.30. The molecule has 220 valence electrons. The molecule has 3 rings (SSSR count). The van der Waals surface area contributed by atoms with Gasteiger partial charge in [-0.15, -0.1) is 0 Å². The fourth-order valence-corrected chi connectivity index (χ4v) is 4.48. The van der Waals surface area contributed by atoms with Crippen molar-refractivity contribution in [2.24, 2.45) is 21.5 Å². The van der Waals surface area contributed by atoms with Crippen molar-refractivity contribution in [3.63, 3.8) is 0 Å². The van der Waals surface area contributed by atoms with Crippen LogP contribution in [0.25, 0.3) is 5.70 Å². The van der Waals surface area contributed by atoms with E-state index in [9.17, 15) is 18.4 Å². The van der Waals surface area contributed by atoms with Crippen molar-refractivity contribution in [3.05, 3.63) is 58.2 Å². The van der Waals surface area contributed by atoms with Crippen molar-refractivity contribution >= 4 is 47.4 Å². The first kappa shape index (κ1) is 31.2. The van der Waals surface area contributed by atoms with Crippen molar-refractivity contribution in [1.82, 2.24) is 20.4 Å². The third kappa shape index (κ3) is 8.59. The second kappa shape index (κ2) is 14.4. The number of likely N-dealkylation sites (N-methyl/N-ethyl adjacent to an activating group) is 1. The van der Waals surface area contributed by atoms with E-state index in [4.69, 9.17) is 28.5 Å². The Morgan fingerprint density at radius 1 is 1.39 bits per heavy atom. The lowest BCUT2D eigenvalue weighted by molar-refractivity contribution is -0.130. The standard InChI is InChI=1S/C26H32ClF2N9O3/c1-37(2)14-16-5-3-10-38(16)20(39)13-33-12-18(22(30)17-11-15(27)6-7-19(17)41-26(28)29)36-25(40)21(23(31)32)24-34-8-4-9-35-24/h4,6-9,11-12,16,26,34H,3,5,10,13-14,30H2,1-2H3,(H3,31,32)(H,36,40)/b22-18?,24-21-,33-12?. The number of likely N-dealkylation sites (tertiary alicyclic amines) is 1. The number of hydrogen-bond donors (Lipinski definition) is 5. The van der Waals surface area contributed by atoms with E-state index in [-0.39, 0.29) is 57.6 Å². The van der Waals surface area contributed by atoms with Gasteiger partial charge in [-0.1, -0.05) is 11.6 Å². The molecule has 0 aromatic heterocycles. The Hall–Kier alpha value is -4.30. The molecule has 0 spiro atoms. The third-order valence-corrected chi connectivity index (χ3v) is 6.28. The zero-order valence-electron chi connectivity index (χ0n) is 22.5. The molecular weight excluding hydrogens is 560 g/mol.